The highest BCUT2D eigenvalue weighted by Crippen LogP contribution is 2.36. The lowest BCUT2D eigenvalue weighted by Gasteiger charge is -2.25. The van der Waals surface area contributed by atoms with Crippen LogP contribution in [0.3, 0.4) is 0 Å². The second-order valence-electron chi connectivity index (χ2n) is 4.67. The van der Waals surface area contributed by atoms with Crippen molar-refractivity contribution in [1.29, 1.82) is 0 Å². The van der Waals surface area contributed by atoms with Gasteiger partial charge in [0.15, 0.2) is 0 Å². The zero-order valence-corrected chi connectivity index (χ0v) is 11.8. The largest absolute Gasteiger partial charge is 0.364 e. The van der Waals surface area contributed by atoms with Gasteiger partial charge in [0.2, 0.25) is 0 Å². The molecule has 1 aromatic carbocycles. The fraction of sp³-hybridized carbons (Fsp3) is 0.429. The van der Waals surface area contributed by atoms with Gasteiger partial charge >= 0.3 is 0 Å². The van der Waals surface area contributed by atoms with Gasteiger partial charge in [-0.1, -0.05) is 12.1 Å². The van der Waals surface area contributed by atoms with Crippen molar-refractivity contribution in [2.45, 2.75) is 31.8 Å². The molecular formula is C14H19BrN2. The van der Waals surface area contributed by atoms with Crippen molar-refractivity contribution in [3.8, 4) is 0 Å². The summed E-state index contributed by atoms with van der Waals surface area (Å²) in [6, 6.07) is 7.16. The first-order valence-corrected chi connectivity index (χ1v) is 6.85. The first-order chi connectivity index (χ1) is 8.13. The Kier molecular flexibility index (Phi) is 3.89. The molecule has 1 fully saturated rings. The third kappa shape index (κ3) is 2.90. The Balaban J connectivity index is 2.27. The van der Waals surface area contributed by atoms with Gasteiger partial charge in [-0.05, 0) is 53.4 Å². The van der Waals surface area contributed by atoms with Gasteiger partial charge in [-0.2, -0.15) is 0 Å². The van der Waals surface area contributed by atoms with E-state index in [1.807, 2.05) is 13.0 Å². The molecule has 17 heavy (non-hydrogen) atoms. The summed E-state index contributed by atoms with van der Waals surface area (Å²) in [4.78, 5) is 2.40. The van der Waals surface area contributed by atoms with Crippen LogP contribution in [0.4, 0.5) is 5.69 Å². The van der Waals surface area contributed by atoms with E-state index in [0.717, 1.165) is 16.6 Å². The van der Waals surface area contributed by atoms with Gasteiger partial charge in [-0.25, -0.2) is 0 Å². The minimum atomic E-state index is 0.0779. The van der Waals surface area contributed by atoms with Crippen LogP contribution in [0, 0.1) is 0 Å². The molecule has 3 heteroatoms. The van der Waals surface area contributed by atoms with E-state index in [-0.39, 0.29) is 6.04 Å². The third-order valence-electron chi connectivity index (χ3n) is 3.12. The van der Waals surface area contributed by atoms with Crippen LogP contribution in [0.2, 0.25) is 0 Å². The average molecular weight is 295 g/mol. The van der Waals surface area contributed by atoms with E-state index < -0.39 is 0 Å². The van der Waals surface area contributed by atoms with Gasteiger partial charge in [0.1, 0.15) is 0 Å². The summed E-state index contributed by atoms with van der Waals surface area (Å²) in [5.41, 5.74) is 8.30. The molecule has 1 atom stereocenters. The molecule has 0 amide bonds. The van der Waals surface area contributed by atoms with Crippen molar-refractivity contribution < 1.29 is 0 Å². The molecule has 1 saturated carbocycles. The zero-order valence-electron chi connectivity index (χ0n) is 10.2. The van der Waals surface area contributed by atoms with Crippen LogP contribution in [-0.4, -0.2) is 12.6 Å². The van der Waals surface area contributed by atoms with Crippen LogP contribution in [0.5, 0.6) is 0 Å². The monoisotopic (exact) mass is 294 g/mol. The maximum absolute atomic E-state index is 5.89. The topological polar surface area (TPSA) is 29.3 Å². The van der Waals surface area contributed by atoms with E-state index in [2.05, 4.69) is 45.6 Å². The van der Waals surface area contributed by atoms with Crippen molar-refractivity contribution in [2.75, 3.05) is 11.4 Å². The van der Waals surface area contributed by atoms with Crippen LogP contribution < -0.4 is 10.6 Å². The second kappa shape index (κ2) is 5.23. The molecule has 0 spiro atoms. The molecule has 0 aromatic heterocycles. The van der Waals surface area contributed by atoms with Crippen molar-refractivity contribution in [2.24, 2.45) is 5.73 Å². The number of nitrogens with zero attached hydrogens (tertiary/aromatic N) is 1. The van der Waals surface area contributed by atoms with Gasteiger partial charge in [-0.15, -0.1) is 6.58 Å². The molecule has 0 aliphatic heterocycles. The highest BCUT2D eigenvalue weighted by molar-refractivity contribution is 9.10. The van der Waals surface area contributed by atoms with E-state index in [4.69, 9.17) is 5.73 Å². The Morgan fingerprint density at radius 1 is 1.59 bits per heavy atom. The molecule has 1 aromatic rings. The number of hydrogen-bond donors (Lipinski definition) is 1. The first kappa shape index (κ1) is 12.7. The Bertz CT molecular complexity index is 411. The molecule has 2 N–H and O–H groups in total. The fourth-order valence-corrected chi connectivity index (χ4v) is 2.63. The maximum atomic E-state index is 5.89. The van der Waals surface area contributed by atoms with Crippen molar-refractivity contribution in [3.05, 3.63) is 40.9 Å². The predicted octanol–water partition coefficient (Wildman–Crippen LogP) is 3.62. The molecule has 0 heterocycles. The summed E-state index contributed by atoms with van der Waals surface area (Å²) in [6.45, 7) is 6.74. The van der Waals surface area contributed by atoms with Crippen molar-refractivity contribution in [1.82, 2.24) is 0 Å². The first-order valence-electron chi connectivity index (χ1n) is 6.06. The summed E-state index contributed by atoms with van der Waals surface area (Å²) in [7, 11) is 0. The Morgan fingerprint density at radius 2 is 2.29 bits per heavy atom. The van der Waals surface area contributed by atoms with Crippen LogP contribution in [0.15, 0.2) is 35.3 Å². The standard InChI is InChI=1S/C14H19BrN2/c1-3-8-17(12-5-6-12)14-7-4-11(10(2)16)9-13(14)15/h3-4,7,9-10,12H,1,5-6,8,16H2,2H3. The molecule has 1 unspecified atom stereocenters. The fourth-order valence-electron chi connectivity index (χ4n) is 2.01. The maximum Gasteiger partial charge on any atom is 0.0516 e. The number of nitrogens with two attached hydrogens (primary N) is 1. The molecular weight excluding hydrogens is 276 g/mol. The summed E-state index contributed by atoms with van der Waals surface area (Å²) >= 11 is 3.65. The van der Waals surface area contributed by atoms with Crippen LogP contribution in [0.1, 0.15) is 31.4 Å². The molecule has 92 valence electrons. The normalized spacial score (nSPS) is 16.6. The number of anilines is 1. The Hall–Kier alpha value is -0.800. The highest BCUT2D eigenvalue weighted by atomic mass is 79.9. The van der Waals surface area contributed by atoms with Gasteiger partial charge in [0.25, 0.3) is 0 Å². The lowest BCUT2D eigenvalue weighted by atomic mass is 10.1. The molecule has 1 aliphatic carbocycles. The summed E-state index contributed by atoms with van der Waals surface area (Å²) < 4.78 is 1.13. The van der Waals surface area contributed by atoms with Crippen molar-refractivity contribution in [3.63, 3.8) is 0 Å². The third-order valence-corrected chi connectivity index (χ3v) is 3.76. The molecule has 0 radical (unpaired) electrons. The minimum Gasteiger partial charge on any atom is -0.364 e. The summed E-state index contributed by atoms with van der Waals surface area (Å²) in [6.07, 6.45) is 4.54. The van der Waals surface area contributed by atoms with Crippen molar-refractivity contribution >= 4 is 21.6 Å². The quantitative estimate of drug-likeness (QED) is 0.841. The number of rotatable bonds is 5. The molecule has 0 saturated heterocycles. The lowest BCUT2D eigenvalue weighted by Crippen LogP contribution is -2.26. The van der Waals surface area contributed by atoms with E-state index in [1.165, 1.54) is 18.5 Å². The second-order valence-corrected chi connectivity index (χ2v) is 5.53. The number of benzene rings is 1. The van der Waals surface area contributed by atoms with Gasteiger partial charge in [0.05, 0.1) is 5.69 Å². The Morgan fingerprint density at radius 3 is 2.76 bits per heavy atom. The predicted molar refractivity (Wildman–Crippen MR) is 77.3 cm³/mol. The lowest BCUT2D eigenvalue weighted by molar-refractivity contribution is 0.813. The molecule has 0 bridgehead atoms. The van der Waals surface area contributed by atoms with E-state index >= 15 is 0 Å². The van der Waals surface area contributed by atoms with Crippen LogP contribution >= 0.6 is 15.9 Å². The SMILES string of the molecule is C=CCN(c1ccc(C(C)N)cc1Br)C1CC1. The highest BCUT2D eigenvalue weighted by Gasteiger charge is 2.29. The molecule has 2 rings (SSSR count). The van der Waals surface area contributed by atoms with Gasteiger partial charge in [-0.3, -0.25) is 0 Å². The average Bonchev–Trinajstić information content (AvgIpc) is 3.10. The molecule has 1 aliphatic rings. The van der Waals surface area contributed by atoms with Gasteiger partial charge < -0.3 is 10.6 Å². The number of hydrogen-bond acceptors (Lipinski definition) is 2. The summed E-state index contributed by atoms with van der Waals surface area (Å²) in [5, 5.41) is 0. The Labute approximate surface area is 112 Å². The zero-order chi connectivity index (χ0) is 12.4. The summed E-state index contributed by atoms with van der Waals surface area (Å²) in [5.74, 6) is 0. The number of halogens is 1. The smallest absolute Gasteiger partial charge is 0.0516 e. The van der Waals surface area contributed by atoms with E-state index in [9.17, 15) is 0 Å². The van der Waals surface area contributed by atoms with E-state index in [0.29, 0.717) is 6.04 Å². The van der Waals surface area contributed by atoms with Crippen LogP contribution in [-0.2, 0) is 0 Å². The minimum absolute atomic E-state index is 0.0779. The van der Waals surface area contributed by atoms with E-state index in [1.54, 1.807) is 0 Å². The van der Waals surface area contributed by atoms with Gasteiger partial charge in [0, 0.05) is 23.1 Å². The van der Waals surface area contributed by atoms with Crippen LogP contribution in [0.25, 0.3) is 0 Å². The molecule has 2 nitrogen and oxygen atoms in total.